The van der Waals surface area contributed by atoms with Crippen molar-refractivity contribution in [2.24, 2.45) is 5.10 Å². The fourth-order valence-corrected chi connectivity index (χ4v) is 2.52. The maximum Gasteiger partial charge on any atom is 0.161 e. The van der Waals surface area contributed by atoms with E-state index in [4.69, 9.17) is 9.47 Å². The number of hydrogen-bond acceptors (Lipinski definition) is 4. The summed E-state index contributed by atoms with van der Waals surface area (Å²) in [5, 5.41) is 4.46. The number of ether oxygens (including phenoxy) is 2. The normalized spacial score (nSPS) is 17.0. The Morgan fingerprint density at radius 1 is 1.00 bits per heavy atom. The zero-order valence-corrected chi connectivity index (χ0v) is 12.2. The molecule has 2 aromatic rings. The molecule has 1 heterocycles. The smallest absolute Gasteiger partial charge is 0.161 e. The van der Waals surface area contributed by atoms with Crippen LogP contribution >= 0.6 is 0 Å². The van der Waals surface area contributed by atoms with Crippen molar-refractivity contribution in [2.75, 3.05) is 14.2 Å². The molecule has 108 valence electrons. The van der Waals surface area contributed by atoms with Gasteiger partial charge in [-0.25, -0.2) is 0 Å². The van der Waals surface area contributed by atoms with Crippen LogP contribution in [0.1, 0.15) is 23.6 Å². The van der Waals surface area contributed by atoms with Crippen LogP contribution in [0.25, 0.3) is 0 Å². The number of nitrogens with zero attached hydrogens (tertiary/aromatic N) is 1. The summed E-state index contributed by atoms with van der Waals surface area (Å²) in [6, 6.07) is 16.5. The Hall–Kier alpha value is -2.49. The van der Waals surface area contributed by atoms with E-state index >= 15 is 0 Å². The number of methoxy groups -OCH3 is 2. The van der Waals surface area contributed by atoms with Crippen molar-refractivity contribution in [3.63, 3.8) is 0 Å². The predicted octanol–water partition coefficient (Wildman–Crippen LogP) is 3.14. The van der Waals surface area contributed by atoms with Crippen LogP contribution in [0.3, 0.4) is 0 Å². The van der Waals surface area contributed by atoms with E-state index in [9.17, 15) is 0 Å². The van der Waals surface area contributed by atoms with Crippen LogP contribution < -0.4 is 14.9 Å². The molecule has 0 radical (unpaired) electrons. The Balaban J connectivity index is 1.80. The third kappa shape index (κ3) is 2.70. The molecule has 1 N–H and O–H groups in total. The zero-order valence-electron chi connectivity index (χ0n) is 12.2. The second-order valence-corrected chi connectivity index (χ2v) is 4.92. The largest absolute Gasteiger partial charge is 0.493 e. The highest BCUT2D eigenvalue weighted by molar-refractivity contribution is 6.02. The summed E-state index contributed by atoms with van der Waals surface area (Å²) in [4.78, 5) is 0. The summed E-state index contributed by atoms with van der Waals surface area (Å²) in [6.45, 7) is 0. The molecule has 0 aromatic heterocycles. The first-order valence-corrected chi connectivity index (χ1v) is 6.91. The molecule has 0 amide bonds. The number of benzene rings is 2. The number of hydrazone groups is 1. The van der Waals surface area contributed by atoms with E-state index in [1.807, 2.05) is 36.4 Å². The predicted molar refractivity (Wildman–Crippen MR) is 83.0 cm³/mol. The fourth-order valence-electron chi connectivity index (χ4n) is 2.52. The lowest BCUT2D eigenvalue weighted by molar-refractivity contribution is 0.355. The fraction of sp³-hybridized carbons (Fsp3) is 0.235. The minimum Gasteiger partial charge on any atom is -0.493 e. The van der Waals surface area contributed by atoms with E-state index < -0.39 is 0 Å². The van der Waals surface area contributed by atoms with Gasteiger partial charge in [-0.3, -0.25) is 0 Å². The lowest BCUT2D eigenvalue weighted by Gasteiger charge is -2.11. The van der Waals surface area contributed by atoms with Gasteiger partial charge in [0.2, 0.25) is 0 Å². The molecular weight excluding hydrogens is 264 g/mol. The zero-order chi connectivity index (χ0) is 14.7. The van der Waals surface area contributed by atoms with E-state index in [0.29, 0.717) is 0 Å². The van der Waals surface area contributed by atoms with Crippen molar-refractivity contribution in [3.05, 3.63) is 59.7 Å². The van der Waals surface area contributed by atoms with Crippen LogP contribution in [0.15, 0.2) is 53.6 Å². The molecule has 0 spiro atoms. The lowest BCUT2D eigenvalue weighted by atomic mass is 9.99. The van der Waals surface area contributed by atoms with E-state index in [-0.39, 0.29) is 6.04 Å². The SMILES string of the molecule is COc1ccc(C2=NNC(c3ccccc3)C2)cc1OC. The molecule has 2 aromatic carbocycles. The van der Waals surface area contributed by atoms with Crippen LogP contribution in [-0.2, 0) is 0 Å². The van der Waals surface area contributed by atoms with Crippen LogP contribution in [0.4, 0.5) is 0 Å². The Morgan fingerprint density at radius 3 is 2.48 bits per heavy atom. The van der Waals surface area contributed by atoms with Gasteiger partial charge < -0.3 is 14.9 Å². The van der Waals surface area contributed by atoms with E-state index in [1.54, 1.807) is 14.2 Å². The lowest BCUT2D eigenvalue weighted by Crippen LogP contribution is -2.09. The van der Waals surface area contributed by atoms with Crippen LogP contribution in [-0.4, -0.2) is 19.9 Å². The van der Waals surface area contributed by atoms with Crippen molar-refractivity contribution in [3.8, 4) is 11.5 Å². The maximum atomic E-state index is 5.35. The van der Waals surface area contributed by atoms with Gasteiger partial charge in [0.25, 0.3) is 0 Å². The van der Waals surface area contributed by atoms with Crippen molar-refractivity contribution < 1.29 is 9.47 Å². The van der Waals surface area contributed by atoms with Gasteiger partial charge in [0.1, 0.15) is 0 Å². The quantitative estimate of drug-likeness (QED) is 0.936. The second kappa shape index (κ2) is 5.87. The van der Waals surface area contributed by atoms with Gasteiger partial charge in [-0.1, -0.05) is 30.3 Å². The Bertz CT molecular complexity index is 653. The van der Waals surface area contributed by atoms with Crippen molar-refractivity contribution in [1.82, 2.24) is 5.43 Å². The third-order valence-corrected chi connectivity index (χ3v) is 3.67. The highest BCUT2D eigenvalue weighted by atomic mass is 16.5. The topological polar surface area (TPSA) is 42.8 Å². The number of nitrogens with one attached hydrogen (secondary N) is 1. The molecule has 0 bridgehead atoms. The average Bonchev–Trinajstić information content (AvgIpc) is 3.05. The molecule has 1 aliphatic heterocycles. The second-order valence-electron chi connectivity index (χ2n) is 4.92. The van der Waals surface area contributed by atoms with E-state index in [2.05, 4.69) is 22.7 Å². The number of rotatable bonds is 4. The van der Waals surface area contributed by atoms with Crippen molar-refractivity contribution >= 4 is 5.71 Å². The summed E-state index contributed by atoms with van der Waals surface area (Å²) >= 11 is 0. The molecule has 1 unspecified atom stereocenters. The monoisotopic (exact) mass is 282 g/mol. The van der Waals surface area contributed by atoms with Gasteiger partial charge in [0.15, 0.2) is 11.5 Å². The van der Waals surface area contributed by atoms with Gasteiger partial charge in [-0.05, 0) is 23.8 Å². The minimum absolute atomic E-state index is 0.231. The highest BCUT2D eigenvalue weighted by Gasteiger charge is 2.21. The summed E-state index contributed by atoms with van der Waals surface area (Å²) in [5.41, 5.74) is 6.54. The number of hydrogen-bond donors (Lipinski definition) is 1. The maximum absolute atomic E-state index is 5.35. The average molecular weight is 282 g/mol. The first-order valence-electron chi connectivity index (χ1n) is 6.91. The molecule has 1 aliphatic rings. The molecule has 0 saturated carbocycles. The molecule has 21 heavy (non-hydrogen) atoms. The molecule has 1 atom stereocenters. The van der Waals surface area contributed by atoms with Gasteiger partial charge in [-0.15, -0.1) is 0 Å². The summed E-state index contributed by atoms with van der Waals surface area (Å²) in [5.74, 6) is 1.45. The minimum atomic E-state index is 0.231. The third-order valence-electron chi connectivity index (χ3n) is 3.67. The summed E-state index contributed by atoms with van der Waals surface area (Å²) in [7, 11) is 3.28. The summed E-state index contributed by atoms with van der Waals surface area (Å²) in [6.07, 6.45) is 0.861. The van der Waals surface area contributed by atoms with Crippen molar-refractivity contribution in [2.45, 2.75) is 12.5 Å². The first-order chi connectivity index (χ1) is 10.3. The van der Waals surface area contributed by atoms with Crippen LogP contribution in [0, 0.1) is 0 Å². The Labute approximate surface area is 124 Å². The molecule has 3 rings (SSSR count). The highest BCUT2D eigenvalue weighted by Crippen LogP contribution is 2.30. The Morgan fingerprint density at radius 2 is 1.76 bits per heavy atom. The molecule has 0 aliphatic carbocycles. The summed E-state index contributed by atoms with van der Waals surface area (Å²) < 4.78 is 10.6. The van der Waals surface area contributed by atoms with Gasteiger partial charge in [0, 0.05) is 12.0 Å². The first kappa shape index (κ1) is 13.5. The molecular formula is C17H18N2O2. The van der Waals surface area contributed by atoms with Gasteiger partial charge in [-0.2, -0.15) is 5.10 Å². The van der Waals surface area contributed by atoms with Crippen molar-refractivity contribution in [1.29, 1.82) is 0 Å². The molecule has 4 nitrogen and oxygen atoms in total. The van der Waals surface area contributed by atoms with Crippen LogP contribution in [0.2, 0.25) is 0 Å². The van der Waals surface area contributed by atoms with E-state index in [0.717, 1.165) is 29.2 Å². The molecule has 0 saturated heterocycles. The Kier molecular flexibility index (Phi) is 3.77. The van der Waals surface area contributed by atoms with Gasteiger partial charge in [0.05, 0.1) is 26.0 Å². The van der Waals surface area contributed by atoms with Gasteiger partial charge >= 0.3 is 0 Å². The van der Waals surface area contributed by atoms with E-state index in [1.165, 1.54) is 5.56 Å². The molecule has 0 fully saturated rings. The van der Waals surface area contributed by atoms with Crippen LogP contribution in [0.5, 0.6) is 11.5 Å². The standard InChI is InChI=1S/C17H18N2O2/c1-20-16-9-8-13(10-17(16)21-2)15-11-14(18-19-15)12-6-4-3-5-7-12/h3-10,14,18H,11H2,1-2H3. The molecule has 4 heteroatoms.